The van der Waals surface area contributed by atoms with Crippen LogP contribution in [-0.2, 0) is 9.47 Å². The monoisotopic (exact) mass is 234 g/mol. The second-order valence-electron chi connectivity index (χ2n) is 4.23. The molecular weight excluding hydrogens is 212 g/mol. The van der Waals surface area contributed by atoms with Crippen molar-refractivity contribution in [3.05, 3.63) is 0 Å². The van der Waals surface area contributed by atoms with Crippen LogP contribution in [0.5, 0.6) is 0 Å². The average molecular weight is 235 g/mol. The van der Waals surface area contributed by atoms with Crippen LogP contribution in [0, 0.1) is 0 Å². The normalized spacial score (nSPS) is 26.0. The van der Waals surface area contributed by atoms with Gasteiger partial charge in [0.05, 0.1) is 18.6 Å². The van der Waals surface area contributed by atoms with Crippen LogP contribution in [0.3, 0.4) is 0 Å². The van der Waals surface area contributed by atoms with E-state index < -0.39 is 0 Å². The average Bonchev–Trinajstić information content (AvgIpc) is 2.71. The van der Waals surface area contributed by atoms with Gasteiger partial charge in [-0.2, -0.15) is 0 Å². The highest BCUT2D eigenvalue weighted by atomic mass is 35.5. The van der Waals surface area contributed by atoms with Gasteiger partial charge in [-0.25, -0.2) is 0 Å². The molecule has 1 saturated heterocycles. The van der Waals surface area contributed by atoms with Crippen LogP contribution in [-0.4, -0.2) is 24.9 Å². The molecule has 1 rings (SSSR count). The lowest BCUT2D eigenvalue weighted by molar-refractivity contribution is -0.0599. The van der Waals surface area contributed by atoms with E-state index in [-0.39, 0.29) is 12.4 Å². The van der Waals surface area contributed by atoms with Gasteiger partial charge in [0.1, 0.15) is 0 Å². The van der Waals surface area contributed by atoms with Gasteiger partial charge in [-0.05, 0) is 12.8 Å². The summed E-state index contributed by atoms with van der Waals surface area (Å²) in [6, 6.07) is 0. The largest absolute Gasteiger partial charge is 0.350 e. The highest BCUT2D eigenvalue weighted by molar-refractivity contribution is 6.18. The minimum atomic E-state index is 0.0138. The van der Waals surface area contributed by atoms with Gasteiger partial charge in [0, 0.05) is 0 Å². The van der Waals surface area contributed by atoms with Crippen LogP contribution in [0.4, 0.5) is 0 Å². The van der Waals surface area contributed by atoms with Crippen molar-refractivity contribution in [3.63, 3.8) is 0 Å². The molecule has 1 aliphatic rings. The van der Waals surface area contributed by atoms with Crippen LogP contribution in [0.25, 0.3) is 0 Å². The van der Waals surface area contributed by atoms with Crippen LogP contribution in [0.2, 0.25) is 0 Å². The van der Waals surface area contributed by atoms with Crippen LogP contribution < -0.4 is 0 Å². The Morgan fingerprint density at radius 2 is 1.87 bits per heavy atom. The van der Waals surface area contributed by atoms with Crippen molar-refractivity contribution in [1.82, 2.24) is 0 Å². The summed E-state index contributed by atoms with van der Waals surface area (Å²) in [6.45, 7) is 2.91. The summed E-state index contributed by atoms with van der Waals surface area (Å²) in [4.78, 5) is 0. The molecule has 0 spiro atoms. The fourth-order valence-corrected chi connectivity index (χ4v) is 1.99. The van der Waals surface area contributed by atoms with E-state index >= 15 is 0 Å². The maximum Gasteiger partial charge on any atom is 0.158 e. The molecule has 0 aromatic carbocycles. The first-order valence-corrected chi connectivity index (χ1v) is 6.73. The Morgan fingerprint density at radius 1 is 1.13 bits per heavy atom. The highest BCUT2D eigenvalue weighted by Crippen LogP contribution is 2.18. The fourth-order valence-electron chi connectivity index (χ4n) is 1.83. The maximum absolute atomic E-state index is 5.69. The quantitative estimate of drug-likeness (QED) is 0.471. The molecule has 0 aromatic rings. The third-order valence-corrected chi connectivity index (χ3v) is 3.12. The molecule has 0 amide bonds. The zero-order valence-electron chi connectivity index (χ0n) is 9.71. The molecule has 0 N–H and O–H groups in total. The molecular formula is C12H23ClO2. The highest BCUT2D eigenvalue weighted by Gasteiger charge is 2.24. The topological polar surface area (TPSA) is 18.5 Å². The first kappa shape index (κ1) is 13.3. The van der Waals surface area contributed by atoms with E-state index in [4.69, 9.17) is 21.1 Å². The van der Waals surface area contributed by atoms with Crippen molar-refractivity contribution in [2.75, 3.05) is 12.5 Å². The smallest absolute Gasteiger partial charge is 0.158 e. The Morgan fingerprint density at radius 3 is 2.53 bits per heavy atom. The van der Waals surface area contributed by atoms with Gasteiger partial charge in [-0.3, -0.25) is 0 Å². The Kier molecular flexibility index (Phi) is 7.41. The van der Waals surface area contributed by atoms with Crippen molar-refractivity contribution >= 4 is 11.6 Å². The Hall–Kier alpha value is 0.210. The molecule has 2 unspecified atom stereocenters. The Balaban J connectivity index is 1.88. The van der Waals surface area contributed by atoms with E-state index in [0.717, 1.165) is 6.42 Å². The number of halogens is 1. The molecule has 0 radical (unpaired) electrons. The summed E-state index contributed by atoms with van der Waals surface area (Å²) in [5, 5.41) is 0. The molecule has 0 aromatic heterocycles. The summed E-state index contributed by atoms with van der Waals surface area (Å²) >= 11 is 5.69. The maximum atomic E-state index is 5.69. The molecule has 1 fully saturated rings. The molecule has 3 heteroatoms. The second-order valence-corrected chi connectivity index (χ2v) is 4.54. The molecule has 2 nitrogen and oxygen atoms in total. The molecule has 2 atom stereocenters. The van der Waals surface area contributed by atoms with E-state index in [1.165, 1.54) is 38.5 Å². The van der Waals surface area contributed by atoms with Crippen molar-refractivity contribution in [3.8, 4) is 0 Å². The van der Waals surface area contributed by atoms with E-state index in [2.05, 4.69) is 6.92 Å². The molecule has 0 aliphatic carbocycles. The van der Waals surface area contributed by atoms with Crippen molar-refractivity contribution in [2.45, 2.75) is 64.3 Å². The summed E-state index contributed by atoms with van der Waals surface area (Å²) in [6.07, 6.45) is 9.07. The molecule has 0 saturated carbocycles. The third-order valence-electron chi connectivity index (χ3n) is 2.78. The zero-order valence-corrected chi connectivity index (χ0v) is 10.5. The van der Waals surface area contributed by atoms with Crippen LogP contribution in [0.15, 0.2) is 0 Å². The van der Waals surface area contributed by atoms with E-state index in [1.54, 1.807) is 0 Å². The number of alkyl halides is 1. The lowest BCUT2D eigenvalue weighted by Gasteiger charge is -2.09. The van der Waals surface area contributed by atoms with Gasteiger partial charge >= 0.3 is 0 Å². The second kappa shape index (κ2) is 8.37. The van der Waals surface area contributed by atoms with Gasteiger partial charge in [-0.1, -0.05) is 39.0 Å². The minimum absolute atomic E-state index is 0.0138. The lowest BCUT2D eigenvalue weighted by atomic mass is 10.1. The standard InChI is InChI=1S/C12H23ClO2/c1-2-3-4-5-6-7-8-12-14-10-11(9-13)15-12/h11-12H,2-10H2,1H3. The van der Waals surface area contributed by atoms with E-state index in [9.17, 15) is 0 Å². The summed E-state index contributed by atoms with van der Waals surface area (Å²) in [7, 11) is 0. The summed E-state index contributed by atoms with van der Waals surface area (Å²) < 4.78 is 11.1. The van der Waals surface area contributed by atoms with Crippen LogP contribution in [0.1, 0.15) is 51.9 Å². The van der Waals surface area contributed by atoms with E-state index in [0.29, 0.717) is 12.5 Å². The first-order chi connectivity index (χ1) is 7.36. The third kappa shape index (κ3) is 5.74. The van der Waals surface area contributed by atoms with Gasteiger partial charge in [0.15, 0.2) is 6.29 Å². The predicted molar refractivity (Wildman–Crippen MR) is 63.3 cm³/mol. The Bertz CT molecular complexity index is 153. The summed E-state index contributed by atoms with van der Waals surface area (Å²) in [5.41, 5.74) is 0. The minimum Gasteiger partial charge on any atom is -0.350 e. The SMILES string of the molecule is CCCCCCCCC1OCC(CCl)O1. The number of rotatable bonds is 8. The zero-order chi connectivity index (χ0) is 10.9. The van der Waals surface area contributed by atoms with Crippen LogP contribution >= 0.6 is 11.6 Å². The summed E-state index contributed by atoms with van der Waals surface area (Å²) in [5.74, 6) is 0.549. The van der Waals surface area contributed by atoms with Gasteiger partial charge < -0.3 is 9.47 Å². The molecule has 90 valence electrons. The number of unbranched alkanes of at least 4 members (excludes halogenated alkanes) is 5. The number of hydrogen-bond donors (Lipinski definition) is 0. The molecule has 1 aliphatic heterocycles. The van der Waals surface area contributed by atoms with Crippen molar-refractivity contribution in [2.24, 2.45) is 0 Å². The fraction of sp³-hybridized carbons (Fsp3) is 1.00. The van der Waals surface area contributed by atoms with Crippen molar-refractivity contribution < 1.29 is 9.47 Å². The molecule has 0 bridgehead atoms. The van der Waals surface area contributed by atoms with Gasteiger partial charge in [0.25, 0.3) is 0 Å². The lowest BCUT2D eigenvalue weighted by Crippen LogP contribution is -2.13. The predicted octanol–water partition coefficient (Wildman–Crippen LogP) is 3.72. The molecule has 1 heterocycles. The first-order valence-electron chi connectivity index (χ1n) is 6.19. The van der Waals surface area contributed by atoms with Gasteiger partial charge in [0.2, 0.25) is 0 Å². The van der Waals surface area contributed by atoms with E-state index in [1.807, 2.05) is 0 Å². The van der Waals surface area contributed by atoms with Gasteiger partial charge in [-0.15, -0.1) is 11.6 Å². The number of ether oxygens (including phenoxy) is 2. The number of hydrogen-bond acceptors (Lipinski definition) is 2. The Labute approximate surface area is 98.3 Å². The van der Waals surface area contributed by atoms with Crippen molar-refractivity contribution in [1.29, 1.82) is 0 Å². The molecule has 15 heavy (non-hydrogen) atoms.